The van der Waals surface area contributed by atoms with E-state index in [9.17, 15) is 0 Å². The van der Waals surface area contributed by atoms with Crippen molar-refractivity contribution < 1.29 is 21.4 Å². The fraction of sp³-hybridized carbons (Fsp3) is 0. The molecule has 0 N–H and O–H groups in total. The Balaban J connectivity index is 0.000000853. The lowest BCUT2D eigenvalue weighted by Gasteiger charge is -1.95. The minimum atomic E-state index is 0. The van der Waals surface area contributed by atoms with Gasteiger partial charge in [0.1, 0.15) is 0 Å². The van der Waals surface area contributed by atoms with E-state index < -0.39 is 0 Å². The number of hydrogen-bond acceptors (Lipinski definition) is 0. The topological polar surface area (TPSA) is 4.10 Å². The Bertz CT molecular complexity index is 499. The first kappa shape index (κ1) is 10.1. The molecule has 0 spiro atoms. The fourth-order valence-electron chi connectivity index (χ4n) is 1.78. The molecule has 0 saturated heterocycles. The second-order valence-corrected chi connectivity index (χ2v) is 3.44. The highest BCUT2D eigenvalue weighted by molar-refractivity contribution is 5.83. The monoisotopic (exact) mass is 259 g/mol. The standard InChI is InChI=1S/C13H10N.BrH/c1-2-6-12-10-14-8-4-3-7-13(14)9-11(12)5-1;/h1-10H;1H/q+1;/p-1. The van der Waals surface area contributed by atoms with Crippen molar-refractivity contribution in [3.8, 4) is 0 Å². The first-order chi connectivity index (χ1) is 6.93. The Kier molecular flexibility index (Phi) is 2.69. The average Bonchev–Trinajstić information content (AvgIpc) is 2.26. The molecule has 0 aliphatic carbocycles. The molecule has 1 aromatic carbocycles. The molecule has 15 heavy (non-hydrogen) atoms. The van der Waals surface area contributed by atoms with Gasteiger partial charge in [0.2, 0.25) is 5.52 Å². The molecule has 0 radical (unpaired) electrons. The van der Waals surface area contributed by atoms with Gasteiger partial charge in [-0.1, -0.05) is 18.2 Å². The third kappa shape index (κ3) is 1.73. The lowest BCUT2D eigenvalue weighted by Crippen LogP contribution is -3.00. The number of halogens is 1. The second-order valence-electron chi connectivity index (χ2n) is 3.44. The van der Waals surface area contributed by atoms with Crippen LogP contribution in [0.25, 0.3) is 16.3 Å². The Hall–Kier alpha value is -1.41. The van der Waals surface area contributed by atoms with Crippen LogP contribution >= 0.6 is 0 Å². The molecule has 2 heterocycles. The van der Waals surface area contributed by atoms with Gasteiger partial charge in [-0.25, -0.2) is 0 Å². The molecule has 3 rings (SSSR count). The molecule has 0 fully saturated rings. The van der Waals surface area contributed by atoms with E-state index in [0.717, 1.165) is 0 Å². The maximum atomic E-state index is 2.20. The van der Waals surface area contributed by atoms with Gasteiger partial charge in [-0.3, -0.25) is 0 Å². The van der Waals surface area contributed by atoms with Gasteiger partial charge in [0, 0.05) is 23.6 Å². The van der Waals surface area contributed by atoms with Gasteiger partial charge in [-0.2, -0.15) is 4.40 Å². The highest BCUT2D eigenvalue weighted by Crippen LogP contribution is 2.12. The Morgan fingerprint density at radius 3 is 2.40 bits per heavy atom. The molecular weight excluding hydrogens is 250 g/mol. The molecule has 0 atom stereocenters. The molecule has 1 nitrogen and oxygen atoms in total. The Morgan fingerprint density at radius 2 is 1.53 bits per heavy atom. The molecule has 0 aliphatic rings. The number of aromatic nitrogens is 1. The summed E-state index contributed by atoms with van der Waals surface area (Å²) < 4.78 is 2.14. The minimum absolute atomic E-state index is 0. The highest BCUT2D eigenvalue weighted by Gasteiger charge is 2.02. The van der Waals surface area contributed by atoms with Crippen molar-refractivity contribution in [3.63, 3.8) is 0 Å². The van der Waals surface area contributed by atoms with Gasteiger partial charge < -0.3 is 17.0 Å². The smallest absolute Gasteiger partial charge is 0.211 e. The normalized spacial score (nSPS) is 10.1. The van der Waals surface area contributed by atoms with E-state index in [1.165, 1.54) is 16.3 Å². The summed E-state index contributed by atoms with van der Waals surface area (Å²) in [5.41, 5.74) is 1.23. The van der Waals surface area contributed by atoms with Crippen LogP contribution in [-0.4, -0.2) is 0 Å². The van der Waals surface area contributed by atoms with Crippen molar-refractivity contribution in [2.45, 2.75) is 0 Å². The average molecular weight is 260 g/mol. The Morgan fingerprint density at radius 1 is 0.800 bits per heavy atom. The number of hydrogen-bond donors (Lipinski definition) is 0. The third-order valence-electron chi connectivity index (χ3n) is 2.50. The van der Waals surface area contributed by atoms with Crippen LogP contribution in [0.3, 0.4) is 0 Å². The highest BCUT2D eigenvalue weighted by atomic mass is 79.9. The lowest BCUT2D eigenvalue weighted by molar-refractivity contribution is -0.510. The van der Waals surface area contributed by atoms with Gasteiger partial charge in [-0.05, 0) is 17.5 Å². The minimum Gasteiger partial charge on any atom is -1.00 e. The maximum absolute atomic E-state index is 2.20. The van der Waals surface area contributed by atoms with Crippen molar-refractivity contribution in [1.29, 1.82) is 0 Å². The van der Waals surface area contributed by atoms with Crippen molar-refractivity contribution in [3.05, 3.63) is 60.9 Å². The predicted molar refractivity (Wildman–Crippen MR) is 57.1 cm³/mol. The van der Waals surface area contributed by atoms with Crippen LogP contribution in [0.15, 0.2) is 60.9 Å². The van der Waals surface area contributed by atoms with Gasteiger partial charge in [0.05, 0.1) is 0 Å². The van der Waals surface area contributed by atoms with E-state index in [1.807, 2.05) is 6.07 Å². The summed E-state index contributed by atoms with van der Waals surface area (Å²) in [4.78, 5) is 0. The fourth-order valence-corrected chi connectivity index (χ4v) is 1.78. The van der Waals surface area contributed by atoms with Crippen molar-refractivity contribution in [1.82, 2.24) is 0 Å². The summed E-state index contributed by atoms with van der Waals surface area (Å²) in [5.74, 6) is 0. The van der Waals surface area contributed by atoms with Gasteiger partial charge in [0.25, 0.3) is 0 Å². The van der Waals surface area contributed by atoms with E-state index in [-0.39, 0.29) is 17.0 Å². The summed E-state index contributed by atoms with van der Waals surface area (Å²) in [6.45, 7) is 0. The number of pyridine rings is 2. The zero-order valence-corrected chi connectivity index (χ0v) is 9.68. The van der Waals surface area contributed by atoms with E-state index in [2.05, 4.69) is 59.3 Å². The van der Waals surface area contributed by atoms with Crippen LogP contribution in [0.5, 0.6) is 0 Å². The summed E-state index contributed by atoms with van der Waals surface area (Å²) in [6.07, 6.45) is 4.23. The number of fused-ring (bicyclic) bond motifs is 2. The van der Waals surface area contributed by atoms with Crippen LogP contribution in [-0.2, 0) is 0 Å². The molecule has 2 aromatic heterocycles. The quantitative estimate of drug-likeness (QED) is 0.382. The third-order valence-corrected chi connectivity index (χ3v) is 2.50. The molecule has 0 unspecified atom stereocenters. The molecule has 0 bridgehead atoms. The lowest BCUT2D eigenvalue weighted by atomic mass is 10.1. The SMILES string of the molecule is [Br-].c1ccc2c[n+]3ccccc3cc2c1. The number of benzene rings is 1. The number of nitrogens with zero attached hydrogens (tertiary/aromatic N) is 1. The summed E-state index contributed by atoms with van der Waals surface area (Å²) in [7, 11) is 0. The van der Waals surface area contributed by atoms with Crippen LogP contribution in [0.4, 0.5) is 0 Å². The second kappa shape index (κ2) is 3.99. The summed E-state index contributed by atoms with van der Waals surface area (Å²) in [6, 6.07) is 16.8. The van der Waals surface area contributed by atoms with Gasteiger partial charge in [-0.15, -0.1) is 0 Å². The Labute approximate surface area is 98.8 Å². The zero-order chi connectivity index (χ0) is 9.38. The van der Waals surface area contributed by atoms with Crippen molar-refractivity contribution in [2.24, 2.45) is 0 Å². The van der Waals surface area contributed by atoms with Crippen LogP contribution in [0.2, 0.25) is 0 Å². The zero-order valence-electron chi connectivity index (χ0n) is 8.10. The molecule has 0 aliphatic heterocycles. The first-order valence-corrected chi connectivity index (χ1v) is 4.72. The largest absolute Gasteiger partial charge is 1.00 e. The predicted octanol–water partition coefficient (Wildman–Crippen LogP) is -0.417. The molecule has 74 valence electrons. The molecule has 0 amide bonds. The van der Waals surface area contributed by atoms with Crippen LogP contribution < -0.4 is 21.4 Å². The van der Waals surface area contributed by atoms with E-state index in [1.54, 1.807) is 0 Å². The number of rotatable bonds is 0. The summed E-state index contributed by atoms with van der Waals surface area (Å²) >= 11 is 0. The van der Waals surface area contributed by atoms with Crippen molar-refractivity contribution in [2.75, 3.05) is 0 Å². The van der Waals surface area contributed by atoms with E-state index in [4.69, 9.17) is 0 Å². The molecule has 0 saturated carbocycles. The van der Waals surface area contributed by atoms with Gasteiger partial charge in [0.15, 0.2) is 12.4 Å². The maximum Gasteiger partial charge on any atom is 0.211 e. The van der Waals surface area contributed by atoms with Crippen LogP contribution in [0.1, 0.15) is 0 Å². The van der Waals surface area contributed by atoms with E-state index in [0.29, 0.717) is 0 Å². The van der Waals surface area contributed by atoms with Crippen LogP contribution in [0, 0.1) is 0 Å². The first-order valence-electron chi connectivity index (χ1n) is 4.72. The molecule has 2 heteroatoms. The molecule has 3 aromatic rings. The summed E-state index contributed by atoms with van der Waals surface area (Å²) in [5, 5.41) is 2.56. The van der Waals surface area contributed by atoms with E-state index >= 15 is 0 Å². The molecular formula is C13H10BrN. The van der Waals surface area contributed by atoms with Crippen molar-refractivity contribution >= 4 is 16.3 Å². The van der Waals surface area contributed by atoms with Gasteiger partial charge >= 0.3 is 0 Å².